The molecule has 0 bridgehead atoms. The summed E-state index contributed by atoms with van der Waals surface area (Å²) in [6.45, 7) is 0. The van der Waals surface area contributed by atoms with E-state index in [1.807, 2.05) is 36.5 Å². The monoisotopic (exact) mass is 357 g/mol. The van der Waals surface area contributed by atoms with E-state index in [1.165, 1.54) is 12.1 Å². The summed E-state index contributed by atoms with van der Waals surface area (Å²) < 4.78 is 13.2. The van der Waals surface area contributed by atoms with Crippen molar-refractivity contribution in [1.29, 1.82) is 0 Å². The van der Waals surface area contributed by atoms with E-state index < -0.39 is 5.97 Å². The molecule has 0 unspecified atom stereocenters. The van der Waals surface area contributed by atoms with E-state index in [1.54, 1.807) is 36.4 Å². The van der Waals surface area contributed by atoms with Crippen LogP contribution in [0.3, 0.4) is 0 Å². The van der Waals surface area contributed by atoms with Crippen molar-refractivity contribution in [2.45, 2.75) is 0 Å². The smallest absolute Gasteiger partial charge is 0.336 e. The van der Waals surface area contributed by atoms with Gasteiger partial charge in [-0.3, -0.25) is 0 Å². The van der Waals surface area contributed by atoms with E-state index in [4.69, 9.17) is 0 Å². The normalized spacial score (nSPS) is 11.3. The lowest BCUT2D eigenvalue weighted by atomic mass is 9.98. The van der Waals surface area contributed by atoms with Crippen LogP contribution >= 0.6 is 0 Å². The summed E-state index contributed by atoms with van der Waals surface area (Å²) in [5.74, 6) is -1.29. The summed E-state index contributed by atoms with van der Waals surface area (Å²) in [6.07, 6.45) is 5.56. The number of H-pyrrole nitrogens is 1. The Morgan fingerprint density at radius 2 is 1.67 bits per heavy atom. The van der Waals surface area contributed by atoms with Crippen LogP contribution in [0.2, 0.25) is 0 Å². The van der Waals surface area contributed by atoms with Crippen LogP contribution in [-0.2, 0) is 0 Å². The molecule has 4 aromatic rings. The summed E-state index contributed by atoms with van der Waals surface area (Å²) in [6, 6.07) is 19.3. The fraction of sp³-hybridized carbons (Fsp3) is 0. The van der Waals surface area contributed by atoms with E-state index in [-0.39, 0.29) is 11.4 Å². The average Bonchev–Trinajstić information content (AvgIpc) is 3.14. The molecule has 0 atom stereocenters. The minimum Gasteiger partial charge on any atom is -0.478 e. The van der Waals surface area contributed by atoms with Crippen LogP contribution < -0.4 is 0 Å². The third kappa shape index (κ3) is 3.51. The van der Waals surface area contributed by atoms with Crippen LogP contribution in [0.4, 0.5) is 4.39 Å². The van der Waals surface area contributed by atoms with Crippen molar-refractivity contribution in [2.75, 3.05) is 0 Å². The summed E-state index contributed by atoms with van der Waals surface area (Å²) in [5.41, 5.74) is 4.47. The quantitative estimate of drug-likeness (QED) is 0.451. The first-order valence-corrected chi connectivity index (χ1v) is 8.49. The SMILES string of the molecule is O=C(O)c1ccc(-c2ccc(F)cc2)cc1/C=C/c1ccc2cc[nH]c2c1. The topological polar surface area (TPSA) is 53.1 Å². The van der Waals surface area contributed by atoms with Gasteiger partial charge in [-0.25, -0.2) is 9.18 Å². The highest BCUT2D eigenvalue weighted by Gasteiger charge is 2.10. The van der Waals surface area contributed by atoms with E-state index in [2.05, 4.69) is 4.98 Å². The average molecular weight is 357 g/mol. The van der Waals surface area contributed by atoms with Crippen molar-refractivity contribution < 1.29 is 14.3 Å². The zero-order chi connectivity index (χ0) is 18.8. The number of aromatic amines is 1. The molecule has 1 heterocycles. The molecule has 3 nitrogen and oxygen atoms in total. The summed E-state index contributed by atoms with van der Waals surface area (Å²) >= 11 is 0. The van der Waals surface area contributed by atoms with Gasteiger partial charge < -0.3 is 10.1 Å². The molecule has 4 rings (SSSR count). The molecule has 4 heteroatoms. The molecule has 0 fully saturated rings. The molecule has 132 valence electrons. The van der Waals surface area contributed by atoms with Crippen LogP contribution in [0.25, 0.3) is 34.2 Å². The molecule has 2 N–H and O–H groups in total. The Labute approximate surface area is 155 Å². The van der Waals surface area contributed by atoms with E-state index >= 15 is 0 Å². The van der Waals surface area contributed by atoms with Crippen molar-refractivity contribution in [2.24, 2.45) is 0 Å². The molecule has 1 aromatic heterocycles. The van der Waals surface area contributed by atoms with Crippen LogP contribution in [0.5, 0.6) is 0 Å². The second-order valence-electron chi connectivity index (χ2n) is 6.27. The molecular weight excluding hydrogens is 341 g/mol. The van der Waals surface area contributed by atoms with Gasteiger partial charge in [-0.05, 0) is 64.0 Å². The highest BCUT2D eigenvalue weighted by Crippen LogP contribution is 2.25. The number of aromatic carboxylic acids is 1. The first-order valence-electron chi connectivity index (χ1n) is 8.49. The Bertz CT molecular complexity index is 1160. The molecule has 0 amide bonds. The van der Waals surface area contributed by atoms with Gasteiger partial charge in [0.25, 0.3) is 0 Å². The van der Waals surface area contributed by atoms with Crippen LogP contribution in [-0.4, -0.2) is 16.1 Å². The number of carboxylic acids is 1. The van der Waals surface area contributed by atoms with Crippen molar-refractivity contribution in [1.82, 2.24) is 4.98 Å². The van der Waals surface area contributed by atoms with Crippen LogP contribution in [0.1, 0.15) is 21.5 Å². The minimum absolute atomic E-state index is 0.220. The fourth-order valence-electron chi connectivity index (χ4n) is 3.07. The molecular formula is C23H16FNO2. The van der Waals surface area contributed by atoms with Gasteiger partial charge in [0.15, 0.2) is 0 Å². The van der Waals surface area contributed by atoms with Gasteiger partial charge in [0.2, 0.25) is 0 Å². The maximum atomic E-state index is 13.2. The largest absolute Gasteiger partial charge is 0.478 e. The molecule has 27 heavy (non-hydrogen) atoms. The molecule has 0 spiro atoms. The van der Waals surface area contributed by atoms with Gasteiger partial charge in [-0.15, -0.1) is 0 Å². The van der Waals surface area contributed by atoms with Gasteiger partial charge in [0.05, 0.1) is 5.56 Å². The highest BCUT2D eigenvalue weighted by atomic mass is 19.1. The number of carbonyl (C=O) groups is 1. The number of benzene rings is 3. The van der Waals surface area contributed by atoms with Gasteiger partial charge in [0, 0.05) is 11.7 Å². The predicted molar refractivity (Wildman–Crippen MR) is 106 cm³/mol. The number of rotatable bonds is 4. The molecule has 0 saturated carbocycles. The lowest BCUT2D eigenvalue weighted by Crippen LogP contribution is -1.99. The Kier molecular flexibility index (Phi) is 4.30. The molecule has 0 aliphatic rings. The van der Waals surface area contributed by atoms with E-state index in [0.717, 1.165) is 27.6 Å². The van der Waals surface area contributed by atoms with Crippen molar-refractivity contribution >= 4 is 29.0 Å². The highest BCUT2D eigenvalue weighted by molar-refractivity contribution is 5.95. The molecule has 0 aliphatic carbocycles. The first-order chi connectivity index (χ1) is 13.1. The van der Waals surface area contributed by atoms with Crippen molar-refractivity contribution in [3.63, 3.8) is 0 Å². The second-order valence-corrected chi connectivity index (χ2v) is 6.27. The fourth-order valence-corrected chi connectivity index (χ4v) is 3.07. The molecule has 0 radical (unpaired) electrons. The Morgan fingerprint density at radius 3 is 2.44 bits per heavy atom. The van der Waals surface area contributed by atoms with Gasteiger partial charge in [0.1, 0.15) is 5.82 Å². The van der Waals surface area contributed by atoms with Crippen LogP contribution in [0, 0.1) is 5.82 Å². The number of aromatic nitrogens is 1. The second kappa shape index (κ2) is 6.92. The standard InChI is InChI=1S/C23H16FNO2/c24-20-8-5-16(6-9-20)18-7-10-21(23(26)27)19(14-18)4-2-15-1-3-17-11-12-25-22(17)13-15/h1-14,25H,(H,26,27)/b4-2+. The van der Waals surface area contributed by atoms with E-state index in [0.29, 0.717) is 5.56 Å². The predicted octanol–water partition coefficient (Wildman–Crippen LogP) is 5.84. The van der Waals surface area contributed by atoms with Gasteiger partial charge in [-0.1, -0.05) is 42.5 Å². The summed E-state index contributed by atoms with van der Waals surface area (Å²) in [4.78, 5) is 14.7. The van der Waals surface area contributed by atoms with Gasteiger partial charge >= 0.3 is 5.97 Å². The summed E-state index contributed by atoms with van der Waals surface area (Å²) in [7, 11) is 0. The number of fused-ring (bicyclic) bond motifs is 1. The van der Waals surface area contributed by atoms with Gasteiger partial charge in [-0.2, -0.15) is 0 Å². The third-order valence-electron chi connectivity index (χ3n) is 4.49. The molecule has 0 saturated heterocycles. The Hall–Kier alpha value is -3.66. The lowest BCUT2D eigenvalue weighted by molar-refractivity contribution is 0.0696. The Morgan fingerprint density at radius 1 is 0.889 bits per heavy atom. The maximum Gasteiger partial charge on any atom is 0.336 e. The minimum atomic E-state index is -0.986. The maximum absolute atomic E-state index is 13.2. The number of halogens is 1. The number of carboxylic acid groups (broad SMARTS) is 1. The van der Waals surface area contributed by atoms with Crippen molar-refractivity contribution in [3.8, 4) is 11.1 Å². The molecule has 0 aliphatic heterocycles. The number of nitrogens with one attached hydrogen (secondary N) is 1. The van der Waals surface area contributed by atoms with Crippen LogP contribution in [0.15, 0.2) is 72.9 Å². The zero-order valence-corrected chi connectivity index (χ0v) is 14.3. The third-order valence-corrected chi connectivity index (χ3v) is 4.49. The zero-order valence-electron chi connectivity index (χ0n) is 14.3. The molecule has 3 aromatic carbocycles. The number of hydrogen-bond donors (Lipinski definition) is 2. The Balaban J connectivity index is 1.73. The summed E-state index contributed by atoms with van der Waals surface area (Å²) in [5, 5.41) is 10.6. The van der Waals surface area contributed by atoms with Crippen molar-refractivity contribution in [3.05, 3.63) is 95.4 Å². The number of hydrogen-bond acceptors (Lipinski definition) is 1. The first kappa shape index (κ1) is 16.8. The lowest BCUT2D eigenvalue weighted by Gasteiger charge is -2.07. The van der Waals surface area contributed by atoms with E-state index in [9.17, 15) is 14.3 Å².